The van der Waals surface area contributed by atoms with E-state index in [1.54, 1.807) is 19.1 Å². The fourth-order valence-electron chi connectivity index (χ4n) is 2.86. The molecule has 0 bridgehead atoms. The van der Waals surface area contributed by atoms with Gasteiger partial charge >= 0.3 is 0 Å². The van der Waals surface area contributed by atoms with Crippen LogP contribution in [0.5, 0.6) is 5.75 Å². The molecule has 26 heavy (non-hydrogen) atoms. The zero-order valence-electron chi connectivity index (χ0n) is 14.1. The average molecular weight is 349 g/mol. The molecule has 1 heterocycles. The molecule has 0 aliphatic heterocycles. The Morgan fingerprint density at radius 2 is 1.85 bits per heavy atom. The highest BCUT2D eigenvalue weighted by molar-refractivity contribution is 6.05. The van der Waals surface area contributed by atoms with Gasteiger partial charge in [0.15, 0.2) is 6.61 Å². The smallest absolute Gasteiger partial charge is 0.262 e. The highest BCUT2D eigenvalue weighted by Gasteiger charge is 2.10. The maximum Gasteiger partial charge on any atom is 0.262 e. The molecular weight excluding hydrogens is 333 g/mol. The van der Waals surface area contributed by atoms with E-state index in [0.29, 0.717) is 11.4 Å². The van der Waals surface area contributed by atoms with Gasteiger partial charge in [0.1, 0.15) is 22.7 Å². The minimum absolute atomic E-state index is 0.169. The van der Waals surface area contributed by atoms with E-state index in [1.165, 1.54) is 12.1 Å². The lowest BCUT2D eigenvalue weighted by molar-refractivity contribution is -0.118. The lowest BCUT2D eigenvalue weighted by Crippen LogP contribution is -2.20. The highest BCUT2D eigenvalue weighted by Crippen LogP contribution is 2.31. The molecular formula is C21H16FNO3. The summed E-state index contributed by atoms with van der Waals surface area (Å²) in [4.78, 5) is 12.1. The number of para-hydroxylation sites is 1. The molecule has 0 aliphatic rings. The van der Waals surface area contributed by atoms with Crippen molar-refractivity contribution in [3.8, 4) is 5.75 Å². The summed E-state index contributed by atoms with van der Waals surface area (Å²) in [6.07, 6.45) is 0. The lowest BCUT2D eigenvalue weighted by Gasteiger charge is -2.09. The molecule has 5 heteroatoms. The largest absolute Gasteiger partial charge is 0.484 e. The first-order valence-electron chi connectivity index (χ1n) is 8.20. The van der Waals surface area contributed by atoms with Crippen molar-refractivity contribution in [2.24, 2.45) is 0 Å². The van der Waals surface area contributed by atoms with Gasteiger partial charge < -0.3 is 14.5 Å². The number of carbonyl (C=O) groups excluding carboxylic acids is 1. The minimum atomic E-state index is -0.399. The van der Waals surface area contributed by atoms with Gasteiger partial charge in [0, 0.05) is 16.5 Å². The number of benzene rings is 3. The van der Waals surface area contributed by atoms with Crippen molar-refractivity contribution < 1.29 is 18.3 Å². The van der Waals surface area contributed by atoms with Crippen molar-refractivity contribution in [2.75, 3.05) is 11.9 Å². The van der Waals surface area contributed by atoms with Crippen LogP contribution in [0.4, 0.5) is 10.1 Å². The Morgan fingerprint density at radius 1 is 1.04 bits per heavy atom. The summed E-state index contributed by atoms with van der Waals surface area (Å²) in [5, 5.41) is 4.58. The van der Waals surface area contributed by atoms with Crippen LogP contribution in [0.3, 0.4) is 0 Å². The van der Waals surface area contributed by atoms with Crippen LogP contribution in [0.2, 0.25) is 0 Å². The molecule has 1 amide bonds. The van der Waals surface area contributed by atoms with E-state index in [0.717, 1.165) is 27.5 Å². The van der Waals surface area contributed by atoms with Crippen molar-refractivity contribution in [1.29, 1.82) is 0 Å². The van der Waals surface area contributed by atoms with Gasteiger partial charge in [0.2, 0.25) is 0 Å². The number of hydrogen-bond donors (Lipinski definition) is 1. The number of hydrogen-bond acceptors (Lipinski definition) is 3. The predicted molar refractivity (Wildman–Crippen MR) is 99.0 cm³/mol. The molecule has 4 nitrogen and oxygen atoms in total. The van der Waals surface area contributed by atoms with Crippen molar-refractivity contribution in [2.45, 2.75) is 6.92 Å². The van der Waals surface area contributed by atoms with Gasteiger partial charge in [-0.2, -0.15) is 0 Å². The molecule has 0 unspecified atom stereocenters. The monoisotopic (exact) mass is 349 g/mol. The Balaban J connectivity index is 1.49. The molecule has 0 aliphatic carbocycles. The van der Waals surface area contributed by atoms with Crippen LogP contribution in [-0.2, 0) is 4.79 Å². The summed E-state index contributed by atoms with van der Waals surface area (Å²) in [6.45, 7) is 1.63. The minimum Gasteiger partial charge on any atom is -0.484 e. The quantitative estimate of drug-likeness (QED) is 0.561. The zero-order valence-corrected chi connectivity index (χ0v) is 14.1. The Labute approximate surface area is 149 Å². The summed E-state index contributed by atoms with van der Waals surface area (Å²) in [7, 11) is 0. The fourth-order valence-corrected chi connectivity index (χ4v) is 2.86. The number of ether oxygens (including phenoxy) is 1. The van der Waals surface area contributed by atoms with E-state index in [9.17, 15) is 9.18 Å². The van der Waals surface area contributed by atoms with E-state index in [2.05, 4.69) is 5.32 Å². The Hall–Kier alpha value is -3.34. The van der Waals surface area contributed by atoms with Crippen LogP contribution in [-0.4, -0.2) is 12.5 Å². The summed E-state index contributed by atoms with van der Waals surface area (Å²) in [5.74, 6) is -0.185. The topological polar surface area (TPSA) is 51.5 Å². The number of nitrogens with one attached hydrogen (secondary N) is 1. The number of fused-ring (bicyclic) bond motifs is 3. The summed E-state index contributed by atoms with van der Waals surface area (Å²) >= 11 is 0. The lowest BCUT2D eigenvalue weighted by atomic mass is 10.1. The van der Waals surface area contributed by atoms with E-state index < -0.39 is 5.82 Å². The first-order chi connectivity index (χ1) is 12.6. The summed E-state index contributed by atoms with van der Waals surface area (Å²) < 4.78 is 24.7. The van der Waals surface area contributed by atoms with Crippen LogP contribution >= 0.6 is 0 Å². The van der Waals surface area contributed by atoms with Crippen molar-refractivity contribution in [3.05, 3.63) is 72.0 Å². The van der Waals surface area contributed by atoms with Gasteiger partial charge in [-0.05, 0) is 48.9 Å². The average Bonchev–Trinajstić information content (AvgIpc) is 3.01. The highest BCUT2D eigenvalue weighted by atomic mass is 19.1. The number of aryl methyl sites for hydroxylation is 1. The SMILES string of the molecule is Cc1ccc(F)cc1NC(=O)COc1ccc2oc3ccccc3c2c1. The van der Waals surface area contributed by atoms with Crippen molar-refractivity contribution in [1.82, 2.24) is 0 Å². The van der Waals surface area contributed by atoms with Gasteiger partial charge in [0.25, 0.3) is 5.91 Å². The molecule has 1 N–H and O–H groups in total. The normalized spacial score (nSPS) is 11.0. The molecule has 0 atom stereocenters. The zero-order chi connectivity index (χ0) is 18.1. The number of anilines is 1. The van der Waals surface area contributed by atoms with Crippen LogP contribution < -0.4 is 10.1 Å². The third-order valence-electron chi connectivity index (χ3n) is 4.19. The van der Waals surface area contributed by atoms with Crippen LogP contribution in [0.25, 0.3) is 21.9 Å². The van der Waals surface area contributed by atoms with E-state index >= 15 is 0 Å². The van der Waals surface area contributed by atoms with Gasteiger partial charge in [0.05, 0.1) is 0 Å². The second-order valence-corrected chi connectivity index (χ2v) is 6.05. The van der Waals surface area contributed by atoms with Gasteiger partial charge in [-0.25, -0.2) is 4.39 Å². The van der Waals surface area contributed by atoms with Gasteiger partial charge in [-0.1, -0.05) is 24.3 Å². The second kappa shape index (κ2) is 6.52. The number of amides is 1. The van der Waals surface area contributed by atoms with Crippen molar-refractivity contribution >= 4 is 33.5 Å². The maximum atomic E-state index is 13.3. The number of carbonyl (C=O) groups is 1. The van der Waals surface area contributed by atoms with Crippen LogP contribution in [0.1, 0.15) is 5.56 Å². The molecule has 4 rings (SSSR count). The standard InChI is InChI=1S/C21H16FNO3/c1-13-6-7-14(22)10-18(13)23-21(24)12-25-15-8-9-20-17(11-15)16-4-2-3-5-19(16)26-20/h2-11H,12H2,1H3,(H,23,24). The molecule has 0 radical (unpaired) electrons. The first kappa shape index (κ1) is 16.1. The number of furan rings is 1. The molecule has 0 spiro atoms. The van der Waals surface area contributed by atoms with Gasteiger partial charge in [-0.3, -0.25) is 4.79 Å². The molecule has 0 saturated carbocycles. The summed E-state index contributed by atoms with van der Waals surface area (Å²) in [6, 6.07) is 17.4. The first-order valence-corrected chi connectivity index (χ1v) is 8.20. The maximum absolute atomic E-state index is 13.3. The second-order valence-electron chi connectivity index (χ2n) is 6.05. The molecule has 0 fully saturated rings. The molecule has 3 aromatic carbocycles. The molecule has 4 aromatic rings. The summed E-state index contributed by atoms with van der Waals surface area (Å²) in [5.41, 5.74) is 2.79. The van der Waals surface area contributed by atoms with Gasteiger partial charge in [-0.15, -0.1) is 0 Å². The third kappa shape index (κ3) is 3.11. The molecule has 130 valence electrons. The predicted octanol–water partition coefficient (Wildman–Crippen LogP) is 5.05. The number of rotatable bonds is 4. The molecule has 0 saturated heterocycles. The van der Waals surface area contributed by atoms with Crippen LogP contribution in [0, 0.1) is 12.7 Å². The van der Waals surface area contributed by atoms with Crippen molar-refractivity contribution in [3.63, 3.8) is 0 Å². The van der Waals surface area contributed by atoms with E-state index in [4.69, 9.17) is 9.15 Å². The Kier molecular flexibility index (Phi) is 4.05. The third-order valence-corrected chi connectivity index (χ3v) is 4.19. The number of halogens is 1. The van der Waals surface area contributed by atoms with Crippen LogP contribution in [0.15, 0.2) is 65.1 Å². The van der Waals surface area contributed by atoms with E-state index in [1.807, 2.05) is 36.4 Å². The Bertz CT molecular complexity index is 1120. The van der Waals surface area contributed by atoms with E-state index in [-0.39, 0.29) is 12.5 Å². The molecule has 1 aromatic heterocycles. The Morgan fingerprint density at radius 3 is 2.73 bits per heavy atom. The fraction of sp³-hybridized carbons (Fsp3) is 0.0952.